The predicted octanol–water partition coefficient (Wildman–Crippen LogP) is 1.02. The maximum absolute atomic E-state index is 4.35. The Hall–Kier alpha value is -1.44. The average Bonchev–Trinajstić information content (AvgIpc) is 2.27. The summed E-state index contributed by atoms with van der Waals surface area (Å²) in [4.78, 5) is 8.70. The standard InChI is InChI=1S/C12H14N2/c1-8-6-10(3)12-11(7-9(8)2)13-4-5-14-12/h4-7,9H,1-3H3. The maximum Gasteiger partial charge on any atom is 0.0912 e. The number of nitrogens with zero attached hydrogens (tertiary/aromatic N) is 2. The van der Waals surface area contributed by atoms with Gasteiger partial charge in [0.1, 0.15) is 0 Å². The summed E-state index contributed by atoms with van der Waals surface area (Å²) >= 11 is 0. The normalized spacial score (nSPS) is 20.6. The quantitative estimate of drug-likeness (QED) is 0.604. The minimum Gasteiger partial charge on any atom is -0.253 e. The SMILES string of the molecule is CC1=CC(C)=c2nccnc2=CC1C. The summed E-state index contributed by atoms with van der Waals surface area (Å²) < 4.78 is 0. The highest BCUT2D eigenvalue weighted by Gasteiger charge is 2.05. The van der Waals surface area contributed by atoms with Gasteiger partial charge in [-0.25, -0.2) is 0 Å². The van der Waals surface area contributed by atoms with E-state index in [4.69, 9.17) is 0 Å². The van der Waals surface area contributed by atoms with Gasteiger partial charge < -0.3 is 0 Å². The fraction of sp³-hybridized carbons (Fsp3) is 0.333. The second kappa shape index (κ2) is 3.37. The van der Waals surface area contributed by atoms with Crippen molar-refractivity contribution in [3.63, 3.8) is 0 Å². The van der Waals surface area contributed by atoms with Gasteiger partial charge in [-0.3, -0.25) is 9.97 Å². The lowest BCUT2D eigenvalue weighted by Gasteiger charge is -2.03. The van der Waals surface area contributed by atoms with Crippen molar-refractivity contribution in [2.75, 3.05) is 0 Å². The summed E-state index contributed by atoms with van der Waals surface area (Å²) in [5.74, 6) is 0.447. The first-order valence-electron chi connectivity index (χ1n) is 4.86. The van der Waals surface area contributed by atoms with Crippen LogP contribution in [0.15, 0.2) is 24.0 Å². The van der Waals surface area contributed by atoms with Crippen LogP contribution in [0.5, 0.6) is 0 Å². The van der Waals surface area contributed by atoms with Gasteiger partial charge in [-0.2, -0.15) is 0 Å². The number of rotatable bonds is 0. The molecule has 1 aromatic heterocycles. The van der Waals surface area contributed by atoms with E-state index in [9.17, 15) is 0 Å². The third-order valence-electron chi connectivity index (χ3n) is 2.67. The number of fused-ring (bicyclic) bond motifs is 1. The Morgan fingerprint density at radius 3 is 2.64 bits per heavy atom. The lowest BCUT2D eigenvalue weighted by molar-refractivity contribution is 0.906. The van der Waals surface area contributed by atoms with E-state index in [1.54, 1.807) is 12.4 Å². The molecule has 1 heterocycles. The van der Waals surface area contributed by atoms with E-state index in [2.05, 4.69) is 42.9 Å². The summed E-state index contributed by atoms with van der Waals surface area (Å²) in [7, 11) is 0. The van der Waals surface area contributed by atoms with Crippen LogP contribution in [0.25, 0.3) is 11.6 Å². The van der Waals surface area contributed by atoms with Crippen LogP contribution in [0.1, 0.15) is 20.8 Å². The molecule has 0 amide bonds. The Balaban J connectivity index is 2.84. The molecule has 1 atom stereocenters. The van der Waals surface area contributed by atoms with Crippen LogP contribution in [0.4, 0.5) is 0 Å². The van der Waals surface area contributed by atoms with Crippen molar-refractivity contribution in [1.82, 2.24) is 9.97 Å². The molecule has 0 saturated heterocycles. The van der Waals surface area contributed by atoms with E-state index < -0.39 is 0 Å². The smallest absolute Gasteiger partial charge is 0.0912 e. The molecule has 0 fully saturated rings. The van der Waals surface area contributed by atoms with Crippen LogP contribution in [0.3, 0.4) is 0 Å². The Labute approximate surface area is 83.7 Å². The zero-order chi connectivity index (χ0) is 10.1. The molecule has 0 bridgehead atoms. The fourth-order valence-corrected chi connectivity index (χ4v) is 1.68. The monoisotopic (exact) mass is 186 g/mol. The Bertz CT molecular complexity index is 497. The first-order chi connectivity index (χ1) is 6.68. The van der Waals surface area contributed by atoms with Crippen LogP contribution < -0.4 is 10.7 Å². The lowest BCUT2D eigenvalue weighted by Crippen LogP contribution is -2.32. The molecule has 0 spiro atoms. The molecule has 1 unspecified atom stereocenters. The van der Waals surface area contributed by atoms with E-state index >= 15 is 0 Å². The van der Waals surface area contributed by atoms with Crippen molar-refractivity contribution in [2.24, 2.45) is 5.92 Å². The first kappa shape index (κ1) is 9.13. The van der Waals surface area contributed by atoms with Gasteiger partial charge in [0, 0.05) is 12.4 Å². The molecule has 0 aliphatic heterocycles. The molecule has 1 aliphatic carbocycles. The fourth-order valence-electron chi connectivity index (χ4n) is 1.68. The molecule has 0 aromatic carbocycles. The summed E-state index contributed by atoms with van der Waals surface area (Å²) in [5, 5.41) is 2.02. The van der Waals surface area contributed by atoms with Gasteiger partial charge in [0.05, 0.1) is 10.7 Å². The zero-order valence-corrected chi connectivity index (χ0v) is 8.78. The van der Waals surface area contributed by atoms with Gasteiger partial charge in [-0.1, -0.05) is 18.6 Å². The lowest BCUT2D eigenvalue weighted by atomic mass is 10.0. The second-order valence-electron chi connectivity index (χ2n) is 3.82. The number of hydrogen-bond donors (Lipinski definition) is 0. The molecular formula is C12H14N2. The van der Waals surface area contributed by atoms with Gasteiger partial charge in [0.2, 0.25) is 0 Å². The number of aromatic nitrogens is 2. The highest BCUT2D eigenvalue weighted by atomic mass is 14.8. The minimum atomic E-state index is 0.447. The van der Waals surface area contributed by atoms with Crippen LogP contribution >= 0.6 is 0 Å². The van der Waals surface area contributed by atoms with Gasteiger partial charge in [0.25, 0.3) is 0 Å². The highest BCUT2D eigenvalue weighted by Crippen LogP contribution is 2.14. The van der Waals surface area contributed by atoms with Gasteiger partial charge in [-0.05, 0) is 31.4 Å². The molecule has 2 rings (SSSR count). The van der Waals surface area contributed by atoms with Crippen LogP contribution in [-0.4, -0.2) is 9.97 Å². The maximum atomic E-state index is 4.35. The molecule has 0 N–H and O–H groups in total. The molecule has 1 aliphatic rings. The highest BCUT2D eigenvalue weighted by molar-refractivity contribution is 5.57. The van der Waals surface area contributed by atoms with E-state index in [0.717, 1.165) is 10.7 Å². The summed E-state index contributed by atoms with van der Waals surface area (Å²) in [6.07, 6.45) is 7.86. The average molecular weight is 186 g/mol. The molecular weight excluding hydrogens is 172 g/mol. The Morgan fingerprint density at radius 1 is 1.14 bits per heavy atom. The zero-order valence-electron chi connectivity index (χ0n) is 8.78. The van der Waals surface area contributed by atoms with Crippen molar-refractivity contribution in [2.45, 2.75) is 20.8 Å². The van der Waals surface area contributed by atoms with E-state index in [-0.39, 0.29) is 0 Å². The molecule has 0 saturated carbocycles. The van der Waals surface area contributed by atoms with E-state index in [0.29, 0.717) is 5.92 Å². The molecule has 14 heavy (non-hydrogen) atoms. The Morgan fingerprint density at radius 2 is 1.86 bits per heavy atom. The van der Waals surface area contributed by atoms with Crippen LogP contribution in [-0.2, 0) is 0 Å². The number of allylic oxidation sites excluding steroid dienone is 2. The van der Waals surface area contributed by atoms with Gasteiger partial charge >= 0.3 is 0 Å². The van der Waals surface area contributed by atoms with E-state index in [1.807, 2.05) is 0 Å². The largest absolute Gasteiger partial charge is 0.253 e. The second-order valence-corrected chi connectivity index (χ2v) is 3.82. The van der Waals surface area contributed by atoms with Crippen LogP contribution in [0.2, 0.25) is 0 Å². The summed E-state index contributed by atoms with van der Waals surface area (Å²) in [6, 6.07) is 0. The predicted molar refractivity (Wildman–Crippen MR) is 57.8 cm³/mol. The molecule has 72 valence electrons. The summed E-state index contributed by atoms with van der Waals surface area (Å²) in [6.45, 7) is 6.42. The van der Waals surface area contributed by atoms with Crippen molar-refractivity contribution in [3.8, 4) is 0 Å². The van der Waals surface area contributed by atoms with Crippen molar-refractivity contribution in [1.29, 1.82) is 0 Å². The third kappa shape index (κ3) is 1.48. The van der Waals surface area contributed by atoms with E-state index in [1.165, 1.54) is 11.1 Å². The summed E-state index contributed by atoms with van der Waals surface area (Å²) in [5.41, 5.74) is 2.56. The van der Waals surface area contributed by atoms with Crippen molar-refractivity contribution < 1.29 is 0 Å². The third-order valence-corrected chi connectivity index (χ3v) is 2.67. The van der Waals surface area contributed by atoms with Gasteiger partial charge in [-0.15, -0.1) is 0 Å². The first-order valence-corrected chi connectivity index (χ1v) is 4.86. The van der Waals surface area contributed by atoms with Crippen molar-refractivity contribution in [3.05, 3.63) is 34.7 Å². The molecule has 0 radical (unpaired) electrons. The minimum absolute atomic E-state index is 0.447. The Kier molecular flexibility index (Phi) is 2.20. The van der Waals surface area contributed by atoms with Crippen LogP contribution in [0, 0.1) is 5.92 Å². The number of hydrogen-bond acceptors (Lipinski definition) is 2. The molecule has 1 aromatic rings. The molecule has 2 heteroatoms. The van der Waals surface area contributed by atoms with Gasteiger partial charge in [0.15, 0.2) is 0 Å². The van der Waals surface area contributed by atoms with Crippen molar-refractivity contribution >= 4 is 11.6 Å². The topological polar surface area (TPSA) is 25.8 Å². The molecule has 2 nitrogen and oxygen atoms in total.